The zero-order valence-corrected chi connectivity index (χ0v) is 15.8. The van der Waals surface area contributed by atoms with E-state index in [0.29, 0.717) is 26.8 Å². The largest absolute Gasteiger partial charge is 0.493 e. The molecule has 0 radical (unpaired) electrons. The van der Waals surface area contributed by atoms with Gasteiger partial charge < -0.3 is 4.74 Å². The minimum Gasteiger partial charge on any atom is -0.493 e. The van der Waals surface area contributed by atoms with Crippen LogP contribution in [0.15, 0.2) is 37.3 Å². The van der Waals surface area contributed by atoms with Crippen molar-refractivity contribution in [3.05, 3.63) is 48.0 Å². The van der Waals surface area contributed by atoms with E-state index in [1.165, 1.54) is 23.1 Å². The molecule has 0 unspecified atom stereocenters. The topological polar surface area (TPSA) is 59.9 Å². The molecule has 0 fully saturated rings. The van der Waals surface area contributed by atoms with Crippen LogP contribution in [0.25, 0.3) is 16.4 Å². The lowest BCUT2D eigenvalue weighted by molar-refractivity contribution is 0.408. The summed E-state index contributed by atoms with van der Waals surface area (Å²) in [6.45, 7) is 0. The van der Waals surface area contributed by atoms with Crippen molar-refractivity contribution < 1.29 is 4.74 Å². The van der Waals surface area contributed by atoms with Gasteiger partial charge in [0.2, 0.25) is 0 Å². The van der Waals surface area contributed by atoms with Crippen LogP contribution in [0.2, 0.25) is 5.02 Å². The highest BCUT2D eigenvalue weighted by Crippen LogP contribution is 2.35. The predicted octanol–water partition coefficient (Wildman–Crippen LogP) is 4.48. The summed E-state index contributed by atoms with van der Waals surface area (Å²) < 4.78 is 8.18. The number of H-pyrrole nitrogens is 1. The van der Waals surface area contributed by atoms with Crippen LogP contribution in [0, 0.1) is 0 Å². The van der Waals surface area contributed by atoms with Crippen molar-refractivity contribution in [3.8, 4) is 22.1 Å². The highest BCUT2D eigenvalue weighted by atomic mass is 79.9. The lowest BCUT2D eigenvalue weighted by atomic mass is 10.3. The number of hydrogen-bond donors (Lipinski definition) is 1. The quantitative estimate of drug-likeness (QED) is 0.621. The highest BCUT2D eigenvalue weighted by Gasteiger charge is 2.17. The molecule has 0 saturated heterocycles. The first-order valence-corrected chi connectivity index (χ1v) is 8.76. The monoisotopic (exact) mass is 463 g/mol. The van der Waals surface area contributed by atoms with Crippen molar-refractivity contribution in [3.63, 3.8) is 0 Å². The molecular weight excluding hydrogens is 457 g/mol. The molecule has 1 aromatic carbocycles. The molecule has 0 spiro atoms. The van der Waals surface area contributed by atoms with Crippen molar-refractivity contribution in [2.75, 3.05) is 7.11 Å². The summed E-state index contributed by atoms with van der Waals surface area (Å²) in [5.74, 6) is 0.968. The van der Waals surface area contributed by atoms with Crippen LogP contribution < -0.4 is 10.4 Å². The lowest BCUT2D eigenvalue weighted by Crippen LogP contribution is -2.16. The summed E-state index contributed by atoms with van der Waals surface area (Å²) in [6, 6.07) is 7.09. The zero-order valence-electron chi connectivity index (χ0n) is 11.1. The summed E-state index contributed by atoms with van der Waals surface area (Å²) in [4.78, 5) is 15.8. The van der Waals surface area contributed by atoms with Crippen molar-refractivity contribution >= 4 is 54.8 Å². The summed E-state index contributed by atoms with van der Waals surface area (Å²) in [6.07, 6.45) is 0. The molecule has 1 N–H and O–H groups in total. The molecule has 0 bridgehead atoms. The number of nitrogens with zero attached hydrogens (tertiary/aromatic N) is 2. The lowest BCUT2D eigenvalue weighted by Gasteiger charge is -2.09. The Kier molecular flexibility index (Phi) is 4.44. The van der Waals surface area contributed by atoms with E-state index >= 15 is 0 Å². The number of thiophene rings is 1. The molecule has 0 saturated carbocycles. The van der Waals surface area contributed by atoms with Crippen LogP contribution in [0.3, 0.4) is 0 Å². The van der Waals surface area contributed by atoms with E-state index in [0.717, 1.165) is 8.66 Å². The Morgan fingerprint density at radius 3 is 2.77 bits per heavy atom. The molecule has 5 nitrogen and oxygen atoms in total. The average molecular weight is 466 g/mol. The van der Waals surface area contributed by atoms with E-state index in [9.17, 15) is 4.79 Å². The van der Waals surface area contributed by atoms with Gasteiger partial charge in [-0.2, -0.15) is 4.68 Å². The van der Waals surface area contributed by atoms with E-state index in [1.807, 2.05) is 12.1 Å². The second kappa shape index (κ2) is 6.19. The molecule has 2 heterocycles. The molecule has 0 aliphatic carbocycles. The fourth-order valence-corrected chi connectivity index (χ4v) is 4.23. The van der Waals surface area contributed by atoms with Gasteiger partial charge in [-0.15, -0.1) is 16.4 Å². The van der Waals surface area contributed by atoms with Crippen molar-refractivity contribution in [2.45, 2.75) is 0 Å². The van der Waals surface area contributed by atoms with E-state index in [4.69, 9.17) is 16.3 Å². The predicted molar refractivity (Wildman–Crippen MR) is 94.5 cm³/mol. The summed E-state index contributed by atoms with van der Waals surface area (Å²) in [7, 11) is 1.52. The summed E-state index contributed by atoms with van der Waals surface area (Å²) in [5, 5.41) is 4.80. The minimum absolute atomic E-state index is 0.369. The molecular formula is C13H8Br2ClN3O2S. The fraction of sp³-hybridized carbons (Fsp3) is 0.0769. The molecule has 2 aromatic heterocycles. The normalized spacial score (nSPS) is 10.9. The van der Waals surface area contributed by atoms with E-state index in [2.05, 4.69) is 41.9 Å². The Morgan fingerprint density at radius 2 is 2.14 bits per heavy atom. The maximum atomic E-state index is 12.2. The summed E-state index contributed by atoms with van der Waals surface area (Å²) in [5.41, 5.74) is 0.0944. The molecule has 3 aromatic rings. The maximum Gasteiger partial charge on any atom is 0.348 e. The van der Waals surface area contributed by atoms with E-state index < -0.39 is 0 Å². The second-order valence-electron chi connectivity index (χ2n) is 4.23. The molecule has 0 atom stereocenters. The van der Waals surface area contributed by atoms with Gasteiger partial charge in [0.1, 0.15) is 5.69 Å². The molecule has 0 aliphatic rings. The first kappa shape index (κ1) is 15.8. The fourth-order valence-electron chi connectivity index (χ4n) is 1.95. The SMILES string of the molecule is COc1c(Br)cc(Cl)cc1-n1nc(-c2ccc(Br)s2)[nH]c1=O. The summed E-state index contributed by atoms with van der Waals surface area (Å²) >= 11 is 14.3. The van der Waals surface area contributed by atoms with Crippen LogP contribution in [0.4, 0.5) is 0 Å². The number of ether oxygens (including phenoxy) is 1. The first-order chi connectivity index (χ1) is 10.5. The molecule has 0 aliphatic heterocycles. The minimum atomic E-state index is -0.369. The molecule has 22 heavy (non-hydrogen) atoms. The average Bonchev–Trinajstić information content (AvgIpc) is 3.04. The van der Waals surface area contributed by atoms with Gasteiger partial charge in [0.15, 0.2) is 11.6 Å². The highest BCUT2D eigenvalue weighted by molar-refractivity contribution is 9.11. The Labute approximate surface area is 151 Å². The van der Waals surface area contributed by atoms with Crippen LogP contribution in [0.5, 0.6) is 5.75 Å². The van der Waals surface area contributed by atoms with Gasteiger partial charge in [-0.1, -0.05) is 11.6 Å². The number of aromatic nitrogens is 3. The number of nitrogens with one attached hydrogen (secondary N) is 1. The number of benzene rings is 1. The van der Waals surface area contributed by atoms with Crippen LogP contribution in [0.1, 0.15) is 0 Å². The van der Waals surface area contributed by atoms with Crippen molar-refractivity contribution in [2.24, 2.45) is 0 Å². The molecule has 9 heteroatoms. The second-order valence-corrected chi connectivity index (χ2v) is 7.99. The van der Waals surface area contributed by atoms with Gasteiger partial charge >= 0.3 is 5.69 Å². The standard InChI is InChI=1S/C13H8Br2ClN3O2S/c1-21-11-7(14)4-6(16)5-8(11)19-13(20)17-12(18-19)9-2-3-10(15)22-9/h2-5H,1H3,(H,17,18,20). The van der Waals surface area contributed by atoms with E-state index in [1.54, 1.807) is 12.1 Å². The van der Waals surface area contributed by atoms with Gasteiger partial charge in [0.25, 0.3) is 0 Å². The van der Waals surface area contributed by atoms with Crippen LogP contribution in [-0.2, 0) is 0 Å². The van der Waals surface area contributed by atoms with Crippen LogP contribution >= 0.6 is 54.8 Å². The number of methoxy groups -OCH3 is 1. The molecule has 114 valence electrons. The van der Waals surface area contributed by atoms with Crippen molar-refractivity contribution in [1.82, 2.24) is 14.8 Å². The third-order valence-electron chi connectivity index (χ3n) is 2.85. The Morgan fingerprint density at radius 1 is 1.36 bits per heavy atom. The van der Waals surface area contributed by atoms with E-state index in [-0.39, 0.29) is 5.69 Å². The van der Waals surface area contributed by atoms with Gasteiger partial charge in [-0.3, -0.25) is 4.98 Å². The maximum absolute atomic E-state index is 12.2. The molecule has 3 rings (SSSR count). The Hall–Kier alpha value is -1.09. The zero-order chi connectivity index (χ0) is 15.9. The number of hydrogen-bond acceptors (Lipinski definition) is 4. The van der Waals surface area contributed by atoms with Gasteiger partial charge in [0, 0.05) is 5.02 Å². The third kappa shape index (κ3) is 2.88. The first-order valence-electron chi connectivity index (χ1n) is 5.98. The molecule has 0 amide bonds. The Balaban J connectivity index is 2.18. The van der Waals surface area contributed by atoms with Crippen molar-refractivity contribution in [1.29, 1.82) is 0 Å². The number of halogens is 3. The third-order valence-corrected chi connectivity index (χ3v) is 5.28. The van der Waals surface area contributed by atoms with Gasteiger partial charge in [-0.25, -0.2) is 4.79 Å². The number of aromatic amines is 1. The van der Waals surface area contributed by atoms with Gasteiger partial charge in [-0.05, 0) is 56.1 Å². The number of rotatable bonds is 3. The smallest absolute Gasteiger partial charge is 0.348 e. The Bertz CT molecular complexity index is 903. The van der Waals surface area contributed by atoms with Crippen LogP contribution in [-0.4, -0.2) is 21.9 Å². The van der Waals surface area contributed by atoms with Gasteiger partial charge in [0.05, 0.1) is 20.2 Å².